The molecule has 0 unspecified atom stereocenters. The fraction of sp³-hybridized carbons (Fsp3) is 0.696. The van der Waals surface area contributed by atoms with Crippen molar-refractivity contribution in [3.63, 3.8) is 0 Å². The zero-order valence-electron chi connectivity index (χ0n) is 17.1. The number of aliphatic imine (C=N–C) groups is 1. The van der Waals surface area contributed by atoms with Crippen LogP contribution in [0.1, 0.15) is 49.7 Å². The van der Waals surface area contributed by atoms with E-state index in [1.165, 1.54) is 49.7 Å². The first kappa shape index (κ1) is 18.8. The standard InChI is InChI=1S/C23H36N4/c1-17-5-3-4-6-20(17)16-27-13-11-21(12-14-27)26-23(24-2)25-15-22(18-7-8-18)19-9-10-19/h3-6,18-19,21-22H,7-16H2,1-2H3,(H2,24,25,26). The summed E-state index contributed by atoms with van der Waals surface area (Å²) < 4.78 is 0. The topological polar surface area (TPSA) is 39.7 Å². The van der Waals surface area contributed by atoms with Crippen molar-refractivity contribution in [1.29, 1.82) is 0 Å². The molecule has 2 aliphatic carbocycles. The number of guanidine groups is 1. The number of likely N-dealkylation sites (tertiary alicyclic amines) is 1. The molecule has 4 rings (SSSR count). The average Bonchev–Trinajstić information content (AvgIpc) is 3.58. The summed E-state index contributed by atoms with van der Waals surface area (Å²) in [5, 5.41) is 7.33. The summed E-state index contributed by atoms with van der Waals surface area (Å²) in [7, 11) is 1.91. The molecule has 0 bridgehead atoms. The molecule has 0 spiro atoms. The molecule has 148 valence electrons. The van der Waals surface area contributed by atoms with Gasteiger partial charge in [-0.15, -0.1) is 0 Å². The SMILES string of the molecule is CN=C(NCC(C1CC1)C1CC1)NC1CCN(Cc2ccccc2C)CC1. The molecule has 4 nitrogen and oxygen atoms in total. The first-order valence-corrected chi connectivity index (χ1v) is 11.0. The van der Waals surface area contributed by atoms with E-state index in [1.807, 2.05) is 7.05 Å². The van der Waals surface area contributed by atoms with Crippen LogP contribution in [0.2, 0.25) is 0 Å². The van der Waals surface area contributed by atoms with E-state index in [1.54, 1.807) is 0 Å². The lowest BCUT2D eigenvalue weighted by Gasteiger charge is -2.33. The number of rotatable bonds is 7. The van der Waals surface area contributed by atoms with E-state index in [4.69, 9.17) is 0 Å². The van der Waals surface area contributed by atoms with Crippen molar-refractivity contribution in [3.8, 4) is 0 Å². The molecular formula is C23H36N4. The molecule has 27 heavy (non-hydrogen) atoms. The smallest absolute Gasteiger partial charge is 0.191 e. The molecule has 3 fully saturated rings. The Hall–Kier alpha value is -1.55. The van der Waals surface area contributed by atoms with Gasteiger partial charge >= 0.3 is 0 Å². The van der Waals surface area contributed by atoms with E-state index < -0.39 is 0 Å². The van der Waals surface area contributed by atoms with E-state index in [-0.39, 0.29) is 0 Å². The number of nitrogens with zero attached hydrogens (tertiary/aromatic N) is 2. The zero-order valence-corrected chi connectivity index (χ0v) is 17.1. The van der Waals surface area contributed by atoms with Crippen molar-refractivity contribution >= 4 is 5.96 Å². The summed E-state index contributed by atoms with van der Waals surface area (Å²) in [6.07, 6.45) is 8.20. The molecule has 0 amide bonds. The summed E-state index contributed by atoms with van der Waals surface area (Å²) in [6.45, 7) is 6.74. The lowest BCUT2D eigenvalue weighted by Crippen LogP contribution is -2.49. The van der Waals surface area contributed by atoms with Crippen LogP contribution in [0.4, 0.5) is 0 Å². The minimum atomic E-state index is 0.546. The molecule has 0 aromatic heterocycles. The fourth-order valence-corrected chi connectivity index (χ4v) is 4.63. The van der Waals surface area contributed by atoms with E-state index in [2.05, 4.69) is 51.7 Å². The van der Waals surface area contributed by atoms with Gasteiger partial charge in [-0.25, -0.2) is 0 Å². The average molecular weight is 369 g/mol. The largest absolute Gasteiger partial charge is 0.356 e. The van der Waals surface area contributed by atoms with Gasteiger partial charge in [0.15, 0.2) is 5.96 Å². The van der Waals surface area contributed by atoms with E-state index in [9.17, 15) is 0 Å². The Morgan fingerprint density at radius 2 is 1.74 bits per heavy atom. The second kappa shape index (κ2) is 8.64. The highest BCUT2D eigenvalue weighted by Crippen LogP contribution is 2.48. The molecule has 1 saturated heterocycles. The van der Waals surface area contributed by atoms with Gasteiger partial charge in [0.1, 0.15) is 0 Å². The Labute approximate surface area is 164 Å². The van der Waals surface area contributed by atoms with Gasteiger partial charge in [0, 0.05) is 39.3 Å². The van der Waals surface area contributed by atoms with E-state index in [0.29, 0.717) is 6.04 Å². The summed E-state index contributed by atoms with van der Waals surface area (Å²) in [5.41, 5.74) is 2.87. The van der Waals surface area contributed by atoms with Crippen LogP contribution in [0.3, 0.4) is 0 Å². The van der Waals surface area contributed by atoms with Crippen molar-refractivity contribution < 1.29 is 0 Å². The summed E-state index contributed by atoms with van der Waals surface area (Å²) >= 11 is 0. The zero-order chi connectivity index (χ0) is 18.6. The third kappa shape index (κ3) is 5.25. The highest BCUT2D eigenvalue weighted by molar-refractivity contribution is 5.80. The van der Waals surface area contributed by atoms with Gasteiger partial charge in [0.25, 0.3) is 0 Å². The minimum Gasteiger partial charge on any atom is -0.356 e. The number of hydrogen-bond acceptors (Lipinski definition) is 2. The predicted octanol–water partition coefficient (Wildman–Crippen LogP) is 3.56. The Balaban J connectivity index is 1.20. The molecule has 1 aromatic carbocycles. The monoisotopic (exact) mass is 368 g/mol. The van der Waals surface area contributed by atoms with E-state index in [0.717, 1.165) is 49.9 Å². The first-order valence-electron chi connectivity index (χ1n) is 11.0. The van der Waals surface area contributed by atoms with Crippen LogP contribution < -0.4 is 10.6 Å². The lowest BCUT2D eigenvalue weighted by molar-refractivity contribution is 0.198. The Bertz CT molecular complexity index is 628. The van der Waals surface area contributed by atoms with Crippen molar-refractivity contribution in [2.75, 3.05) is 26.7 Å². The number of nitrogens with one attached hydrogen (secondary N) is 2. The molecule has 0 radical (unpaired) electrons. The van der Waals surface area contributed by atoms with Gasteiger partial charge in [0.2, 0.25) is 0 Å². The number of piperidine rings is 1. The quantitative estimate of drug-likeness (QED) is 0.571. The third-order valence-electron chi connectivity index (χ3n) is 6.77. The molecule has 1 aromatic rings. The maximum absolute atomic E-state index is 4.49. The first-order chi connectivity index (χ1) is 13.2. The van der Waals surface area contributed by atoms with Crippen LogP contribution in [-0.2, 0) is 6.54 Å². The van der Waals surface area contributed by atoms with Gasteiger partial charge in [-0.2, -0.15) is 0 Å². The molecule has 4 heteroatoms. The molecule has 1 heterocycles. The van der Waals surface area contributed by atoms with Crippen molar-refractivity contribution in [2.24, 2.45) is 22.7 Å². The lowest BCUT2D eigenvalue weighted by atomic mass is 9.98. The molecule has 0 atom stereocenters. The Kier molecular flexibility index (Phi) is 6.01. The van der Waals surface area contributed by atoms with Gasteiger partial charge < -0.3 is 10.6 Å². The van der Waals surface area contributed by atoms with E-state index >= 15 is 0 Å². The number of aryl methyl sites for hydroxylation is 1. The summed E-state index contributed by atoms with van der Waals surface area (Å²) in [5.74, 6) is 3.89. The van der Waals surface area contributed by atoms with Crippen molar-refractivity contribution in [3.05, 3.63) is 35.4 Å². The molecule has 2 saturated carbocycles. The second-order valence-corrected chi connectivity index (χ2v) is 8.91. The normalized spacial score (nSPS) is 22.3. The van der Waals surface area contributed by atoms with Crippen LogP contribution >= 0.6 is 0 Å². The number of benzene rings is 1. The summed E-state index contributed by atoms with van der Waals surface area (Å²) in [4.78, 5) is 7.08. The van der Waals surface area contributed by atoms with Gasteiger partial charge in [-0.1, -0.05) is 24.3 Å². The van der Waals surface area contributed by atoms with Crippen molar-refractivity contribution in [1.82, 2.24) is 15.5 Å². The van der Waals surface area contributed by atoms with Crippen molar-refractivity contribution in [2.45, 2.75) is 58.0 Å². The molecule has 2 N–H and O–H groups in total. The second-order valence-electron chi connectivity index (χ2n) is 8.91. The van der Waals surface area contributed by atoms with Crippen LogP contribution in [0.5, 0.6) is 0 Å². The van der Waals surface area contributed by atoms with Crippen LogP contribution in [0.15, 0.2) is 29.3 Å². The van der Waals surface area contributed by atoms with Gasteiger partial charge in [-0.05, 0) is 74.3 Å². The Morgan fingerprint density at radius 3 is 2.33 bits per heavy atom. The highest BCUT2D eigenvalue weighted by Gasteiger charge is 2.41. The number of hydrogen-bond donors (Lipinski definition) is 2. The van der Waals surface area contributed by atoms with Crippen LogP contribution in [-0.4, -0.2) is 43.6 Å². The third-order valence-corrected chi connectivity index (χ3v) is 6.77. The highest BCUT2D eigenvalue weighted by atomic mass is 15.2. The van der Waals surface area contributed by atoms with Crippen LogP contribution in [0.25, 0.3) is 0 Å². The van der Waals surface area contributed by atoms with Gasteiger partial charge in [-0.3, -0.25) is 9.89 Å². The maximum atomic E-state index is 4.49. The van der Waals surface area contributed by atoms with Gasteiger partial charge in [0.05, 0.1) is 0 Å². The molecular weight excluding hydrogens is 332 g/mol. The fourth-order valence-electron chi connectivity index (χ4n) is 4.63. The minimum absolute atomic E-state index is 0.546. The van der Waals surface area contributed by atoms with Crippen LogP contribution in [0, 0.1) is 24.7 Å². The molecule has 1 aliphatic heterocycles. The molecule has 3 aliphatic rings. The summed E-state index contributed by atoms with van der Waals surface area (Å²) in [6, 6.07) is 9.31. The predicted molar refractivity (Wildman–Crippen MR) is 113 cm³/mol. The Morgan fingerprint density at radius 1 is 1.07 bits per heavy atom. The maximum Gasteiger partial charge on any atom is 0.191 e.